The van der Waals surface area contributed by atoms with E-state index in [9.17, 15) is 0 Å². The van der Waals surface area contributed by atoms with Gasteiger partial charge in [0.2, 0.25) is 0 Å². The number of nitrogens with one attached hydrogen (secondary N) is 1. The molecule has 3 heteroatoms. The van der Waals surface area contributed by atoms with E-state index < -0.39 is 0 Å². The molecule has 0 aromatic heterocycles. The van der Waals surface area contributed by atoms with Gasteiger partial charge < -0.3 is 10.2 Å². The Balaban J connectivity index is 3.16. The highest BCUT2D eigenvalue weighted by Crippen LogP contribution is 1.89. The van der Waals surface area contributed by atoms with Crippen LogP contribution in [0.4, 0.5) is 0 Å². The van der Waals surface area contributed by atoms with Gasteiger partial charge in [0.15, 0.2) is 0 Å². The molecule has 0 aromatic rings. The van der Waals surface area contributed by atoms with Crippen LogP contribution in [0.2, 0.25) is 0 Å². The Morgan fingerprint density at radius 1 is 1.21 bits per heavy atom. The SMILES string of the molecule is CCN(CC)CCCNC/C=C/CCl. The molecule has 0 saturated carbocycles. The normalized spacial score (nSPS) is 11.7. The Labute approximate surface area is 93.3 Å². The molecular weight excluding hydrogens is 196 g/mol. The van der Waals surface area contributed by atoms with E-state index in [1.165, 1.54) is 13.0 Å². The van der Waals surface area contributed by atoms with E-state index >= 15 is 0 Å². The fraction of sp³-hybridized carbons (Fsp3) is 0.818. The molecule has 0 amide bonds. The summed E-state index contributed by atoms with van der Waals surface area (Å²) in [5.74, 6) is 0.612. The van der Waals surface area contributed by atoms with Crippen LogP contribution in [0.1, 0.15) is 20.3 Å². The van der Waals surface area contributed by atoms with E-state index in [4.69, 9.17) is 11.6 Å². The Bertz CT molecular complexity index is 133. The van der Waals surface area contributed by atoms with Crippen LogP contribution >= 0.6 is 11.6 Å². The first-order valence-electron chi connectivity index (χ1n) is 5.49. The Morgan fingerprint density at radius 2 is 1.93 bits per heavy atom. The highest BCUT2D eigenvalue weighted by atomic mass is 35.5. The number of hydrogen-bond acceptors (Lipinski definition) is 2. The van der Waals surface area contributed by atoms with Gasteiger partial charge in [-0.1, -0.05) is 26.0 Å². The molecule has 0 spiro atoms. The zero-order valence-electron chi connectivity index (χ0n) is 9.43. The van der Waals surface area contributed by atoms with E-state index in [2.05, 4.69) is 30.1 Å². The van der Waals surface area contributed by atoms with Crippen molar-refractivity contribution in [2.45, 2.75) is 20.3 Å². The van der Waals surface area contributed by atoms with E-state index in [1.54, 1.807) is 0 Å². The van der Waals surface area contributed by atoms with Crippen molar-refractivity contribution in [3.05, 3.63) is 12.2 Å². The van der Waals surface area contributed by atoms with Crippen molar-refractivity contribution in [2.24, 2.45) is 0 Å². The lowest BCUT2D eigenvalue weighted by atomic mass is 10.3. The van der Waals surface area contributed by atoms with Gasteiger partial charge in [-0.05, 0) is 32.6 Å². The second-order valence-corrected chi connectivity index (χ2v) is 3.52. The van der Waals surface area contributed by atoms with E-state index in [0.29, 0.717) is 5.88 Å². The molecule has 0 aliphatic heterocycles. The lowest BCUT2D eigenvalue weighted by Crippen LogP contribution is -2.27. The minimum absolute atomic E-state index is 0.612. The summed E-state index contributed by atoms with van der Waals surface area (Å²) < 4.78 is 0. The van der Waals surface area contributed by atoms with Crippen molar-refractivity contribution in [1.82, 2.24) is 10.2 Å². The van der Waals surface area contributed by atoms with Gasteiger partial charge in [-0.25, -0.2) is 0 Å². The van der Waals surface area contributed by atoms with Crippen LogP contribution < -0.4 is 5.32 Å². The third-order valence-corrected chi connectivity index (χ3v) is 2.42. The van der Waals surface area contributed by atoms with Crippen molar-refractivity contribution in [2.75, 3.05) is 38.6 Å². The average molecular weight is 219 g/mol. The maximum absolute atomic E-state index is 5.50. The number of rotatable bonds is 9. The van der Waals surface area contributed by atoms with Crippen LogP contribution in [-0.4, -0.2) is 43.5 Å². The summed E-state index contributed by atoms with van der Waals surface area (Å²) >= 11 is 5.50. The molecule has 0 aliphatic carbocycles. The van der Waals surface area contributed by atoms with Gasteiger partial charge in [-0.3, -0.25) is 0 Å². The molecule has 0 saturated heterocycles. The Kier molecular flexibility index (Phi) is 11.0. The molecule has 0 heterocycles. The summed E-state index contributed by atoms with van der Waals surface area (Å²) in [6, 6.07) is 0. The minimum Gasteiger partial charge on any atom is -0.313 e. The minimum atomic E-state index is 0.612. The van der Waals surface area contributed by atoms with Gasteiger partial charge in [0.25, 0.3) is 0 Å². The second kappa shape index (κ2) is 11.0. The molecule has 0 aromatic carbocycles. The summed E-state index contributed by atoms with van der Waals surface area (Å²) in [5, 5.41) is 3.35. The number of nitrogens with zero attached hydrogens (tertiary/aromatic N) is 1. The number of halogens is 1. The lowest BCUT2D eigenvalue weighted by molar-refractivity contribution is 0.298. The van der Waals surface area contributed by atoms with Crippen LogP contribution in [0.15, 0.2) is 12.2 Å². The van der Waals surface area contributed by atoms with Crippen molar-refractivity contribution < 1.29 is 0 Å². The highest BCUT2D eigenvalue weighted by molar-refractivity contribution is 6.18. The summed E-state index contributed by atoms with van der Waals surface area (Å²) in [6.07, 6.45) is 5.26. The topological polar surface area (TPSA) is 15.3 Å². The monoisotopic (exact) mass is 218 g/mol. The number of alkyl halides is 1. The van der Waals surface area contributed by atoms with E-state index in [0.717, 1.165) is 26.2 Å². The average Bonchev–Trinajstić information content (AvgIpc) is 2.22. The summed E-state index contributed by atoms with van der Waals surface area (Å²) in [4.78, 5) is 2.44. The Hall–Kier alpha value is -0.0500. The van der Waals surface area contributed by atoms with Crippen molar-refractivity contribution in [1.29, 1.82) is 0 Å². The summed E-state index contributed by atoms with van der Waals surface area (Å²) in [5.41, 5.74) is 0. The predicted octanol–water partition coefficient (Wildman–Crippen LogP) is 2.10. The summed E-state index contributed by atoms with van der Waals surface area (Å²) in [6.45, 7) is 9.94. The zero-order valence-corrected chi connectivity index (χ0v) is 10.2. The smallest absolute Gasteiger partial charge is 0.0404 e. The van der Waals surface area contributed by atoms with Gasteiger partial charge >= 0.3 is 0 Å². The lowest BCUT2D eigenvalue weighted by Gasteiger charge is -2.17. The highest BCUT2D eigenvalue weighted by Gasteiger charge is 1.96. The first kappa shape index (κ1) is 13.9. The predicted molar refractivity (Wildman–Crippen MR) is 65.1 cm³/mol. The number of allylic oxidation sites excluding steroid dienone is 1. The molecule has 2 nitrogen and oxygen atoms in total. The first-order chi connectivity index (χ1) is 6.85. The number of hydrogen-bond donors (Lipinski definition) is 1. The molecule has 0 fully saturated rings. The van der Waals surface area contributed by atoms with Crippen LogP contribution in [0.5, 0.6) is 0 Å². The van der Waals surface area contributed by atoms with Crippen molar-refractivity contribution >= 4 is 11.6 Å². The molecule has 0 atom stereocenters. The fourth-order valence-corrected chi connectivity index (χ4v) is 1.43. The third-order valence-electron chi connectivity index (χ3n) is 2.24. The zero-order chi connectivity index (χ0) is 10.6. The molecule has 0 radical (unpaired) electrons. The molecule has 84 valence electrons. The third kappa shape index (κ3) is 8.54. The quantitative estimate of drug-likeness (QED) is 0.362. The Morgan fingerprint density at radius 3 is 2.50 bits per heavy atom. The standard InChI is InChI=1S/C11H23ClN2/c1-3-14(4-2)11-7-10-13-9-6-5-8-12/h5-6,13H,3-4,7-11H2,1-2H3/b6-5+. The molecule has 0 unspecified atom stereocenters. The van der Waals surface area contributed by atoms with Crippen LogP contribution in [0.3, 0.4) is 0 Å². The van der Waals surface area contributed by atoms with Crippen molar-refractivity contribution in [3.8, 4) is 0 Å². The molecule has 1 N–H and O–H groups in total. The van der Waals surface area contributed by atoms with Gasteiger partial charge in [0.1, 0.15) is 0 Å². The maximum atomic E-state index is 5.50. The van der Waals surface area contributed by atoms with E-state index in [1.807, 2.05) is 6.08 Å². The van der Waals surface area contributed by atoms with Gasteiger partial charge in [0, 0.05) is 12.4 Å². The first-order valence-corrected chi connectivity index (χ1v) is 6.02. The van der Waals surface area contributed by atoms with Gasteiger partial charge in [0.05, 0.1) is 0 Å². The largest absolute Gasteiger partial charge is 0.313 e. The fourth-order valence-electron chi connectivity index (χ4n) is 1.30. The molecule has 0 bridgehead atoms. The van der Waals surface area contributed by atoms with Gasteiger partial charge in [-0.15, -0.1) is 11.6 Å². The van der Waals surface area contributed by atoms with Crippen LogP contribution in [-0.2, 0) is 0 Å². The van der Waals surface area contributed by atoms with E-state index in [-0.39, 0.29) is 0 Å². The van der Waals surface area contributed by atoms with Crippen LogP contribution in [0.25, 0.3) is 0 Å². The van der Waals surface area contributed by atoms with Crippen molar-refractivity contribution in [3.63, 3.8) is 0 Å². The summed E-state index contributed by atoms with van der Waals surface area (Å²) in [7, 11) is 0. The second-order valence-electron chi connectivity index (χ2n) is 3.21. The van der Waals surface area contributed by atoms with Crippen LogP contribution in [0, 0.1) is 0 Å². The molecular formula is C11H23ClN2. The maximum Gasteiger partial charge on any atom is 0.0404 e. The molecule has 0 rings (SSSR count). The molecule has 14 heavy (non-hydrogen) atoms. The van der Waals surface area contributed by atoms with Gasteiger partial charge in [-0.2, -0.15) is 0 Å². The molecule has 0 aliphatic rings.